The van der Waals surface area contributed by atoms with Crippen LogP contribution in [-0.2, 0) is 13.5 Å². The van der Waals surface area contributed by atoms with E-state index in [2.05, 4.69) is 5.10 Å². The van der Waals surface area contributed by atoms with Crippen molar-refractivity contribution in [3.8, 4) is 11.5 Å². The molecule has 0 unspecified atom stereocenters. The summed E-state index contributed by atoms with van der Waals surface area (Å²) in [7, 11) is 4.95. The Morgan fingerprint density at radius 1 is 1.25 bits per heavy atom. The zero-order valence-corrected chi connectivity index (χ0v) is 12.1. The highest BCUT2D eigenvalue weighted by Crippen LogP contribution is 2.25. The van der Waals surface area contributed by atoms with Gasteiger partial charge in [0, 0.05) is 12.7 Å². The smallest absolute Gasteiger partial charge is 0.172 e. The first-order chi connectivity index (χ1) is 9.55. The number of nitrogens with zero attached hydrogens (tertiary/aromatic N) is 2. The van der Waals surface area contributed by atoms with Crippen LogP contribution in [0.1, 0.15) is 21.7 Å². The molecule has 0 atom stereocenters. The molecule has 0 fully saturated rings. The maximum absolute atomic E-state index is 12.4. The van der Waals surface area contributed by atoms with E-state index in [9.17, 15) is 4.79 Å². The van der Waals surface area contributed by atoms with E-state index in [1.165, 1.54) is 0 Å². The summed E-state index contributed by atoms with van der Waals surface area (Å²) in [4.78, 5) is 12.4. The number of carbonyl (C=O) groups is 1. The molecule has 0 spiro atoms. The molecule has 20 heavy (non-hydrogen) atoms. The second kappa shape index (κ2) is 5.77. The lowest BCUT2D eigenvalue weighted by Crippen LogP contribution is -2.09. The molecule has 1 heterocycles. The van der Waals surface area contributed by atoms with Crippen molar-refractivity contribution in [1.29, 1.82) is 0 Å². The summed E-state index contributed by atoms with van der Waals surface area (Å²) in [5.41, 5.74) is 2.29. The van der Waals surface area contributed by atoms with Gasteiger partial charge in [-0.25, -0.2) is 0 Å². The van der Waals surface area contributed by atoms with E-state index in [0.29, 0.717) is 17.1 Å². The van der Waals surface area contributed by atoms with Crippen molar-refractivity contribution < 1.29 is 14.3 Å². The minimum atomic E-state index is -0.0243. The van der Waals surface area contributed by atoms with Gasteiger partial charge >= 0.3 is 0 Å². The number of aryl methyl sites for hydroxylation is 2. The Morgan fingerprint density at radius 3 is 2.55 bits per heavy atom. The summed E-state index contributed by atoms with van der Waals surface area (Å²) in [6.07, 6.45) is 0.279. The van der Waals surface area contributed by atoms with Crippen LogP contribution in [0.4, 0.5) is 0 Å². The molecule has 1 aromatic carbocycles. The third kappa shape index (κ3) is 2.82. The molecule has 0 amide bonds. The minimum Gasteiger partial charge on any atom is -0.497 e. The molecule has 0 radical (unpaired) electrons. The first kappa shape index (κ1) is 14.1. The van der Waals surface area contributed by atoms with Crippen LogP contribution < -0.4 is 9.47 Å². The highest BCUT2D eigenvalue weighted by Gasteiger charge is 2.16. The van der Waals surface area contributed by atoms with Gasteiger partial charge in [0.05, 0.1) is 31.9 Å². The average molecular weight is 274 g/mol. The number of ketones is 1. The molecule has 1 aromatic heterocycles. The number of aromatic nitrogens is 2. The second-order valence-corrected chi connectivity index (χ2v) is 4.57. The topological polar surface area (TPSA) is 53.4 Å². The molecule has 2 aromatic rings. The summed E-state index contributed by atoms with van der Waals surface area (Å²) in [5.74, 6) is 1.16. The minimum absolute atomic E-state index is 0.0243. The van der Waals surface area contributed by atoms with E-state index in [4.69, 9.17) is 9.47 Å². The maximum atomic E-state index is 12.4. The van der Waals surface area contributed by atoms with Crippen molar-refractivity contribution in [2.45, 2.75) is 13.3 Å². The highest BCUT2D eigenvalue weighted by atomic mass is 16.5. The van der Waals surface area contributed by atoms with Crippen molar-refractivity contribution in [3.63, 3.8) is 0 Å². The van der Waals surface area contributed by atoms with Gasteiger partial charge in [0.25, 0.3) is 0 Å². The molecule has 0 N–H and O–H groups in total. The number of hydrogen-bond donors (Lipinski definition) is 0. The maximum Gasteiger partial charge on any atom is 0.172 e. The number of carbonyl (C=O) groups excluding carboxylic acids is 1. The number of ether oxygens (including phenoxy) is 2. The Balaban J connectivity index is 2.30. The van der Waals surface area contributed by atoms with Crippen molar-refractivity contribution in [2.75, 3.05) is 14.2 Å². The number of rotatable bonds is 5. The van der Waals surface area contributed by atoms with E-state index in [1.54, 1.807) is 37.1 Å². The summed E-state index contributed by atoms with van der Waals surface area (Å²) in [6.45, 7) is 1.90. The van der Waals surface area contributed by atoms with Crippen LogP contribution in [0, 0.1) is 6.92 Å². The van der Waals surface area contributed by atoms with E-state index in [0.717, 1.165) is 11.4 Å². The van der Waals surface area contributed by atoms with Crippen molar-refractivity contribution in [2.24, 2.45) is 7.05 Å². The fourth-order valence-corrected chi connectivity index (χ4v) is 2.12. The fraction of sp³-hybridized carbons (Fsp3) is 0.333. The van der Waals surface area contributed by atoms with Crippen LogP contribution in [0.5, 0.6) is 11.5 Å². The quantitative estimate of drug-likeness (QED) is 0.784. The van der Waals surface area contributed by atoms with Gasteiger partial charge in [-0.2, -0.15) is 5.10 Å². The number of benzene rings is 1. The third-order valence-corrected chi connectivity index (χ3v) is 3.15. The van der Waals surface area contributed by atoms with Crippen LogP contribution in [0.2, 0.25) is 0 Å². The lowest BCUT2D eigenvalue weighted by molar-refractivity contribution is 0.0987. The molecule has 0 aliphatic rings. The molecule has 0 aliphatic carbocycles. The number of methoxy groups -OCH3 is 2. The largest absolute Gasteiger partial charge is 0.497 e. The Morgan fingerprint density at radius 2 is 2.00 bits per heavy atom. The van der Waals surface area contributed by atoms with Crippen LogP contribution in [-0.4, -0.2) is 29.8 Å². The Hall–Kier alpha value is -2.30. The predicted molar refractivity (Wildman–Crippen MR) is 75.5 cm³/mol. The molecule has 0 bridgehead atoms. The standard InChI is InChI=1S/C15H18N2O3/c1-10-7-11(17(2)16-10)8-14(18)13-9-12(19-3)5-6-15(13)20-4/h5-7,9H,8H2,1-4H3. The molecular formula is C15H18N2O3. The highest BCUT2D eigenvalue weighted by molar-refractivity contribution is 6.00. The number of hydrogen-bond acceptors (Lipinski definition) is 4. The average Bonchev–Trinajstić information content (AvgIpc) is 2.76. The van der Waals surface area contributed by atoms with Gasteiger partial charge in [-0.05, 0) is 31.2 Å². The summed E-state index contributed by atoms with van der Waals surface area (Å²) in [5, 5.41) is 4.24. The van der Waals surface area contributed by atoms with E-state index in [-0.39, 0.29) is 12.2 Å². The van der Waals surface area contributed by atoms with Gasteiger partial charge in [-0.3, -0.25) is 9.48 Å². The van der Waals surface area contributed by atoms with E-state index < -0.39 is 0 Å². The summed E-state index contributed by atoms with van der Waals surface area (Å²) in [6, 6.07) is 7.11. The lowest BCUT2D eigenvalue weighted by atomic mass is 10.0. The monoisotopic (exact) mass is 274 g/mol. The molecule has 5 nitrogen and oxygen atoms in total. The normalized spacial score (nSPS) is 10.4. The fourth-order valence-electron chi connectivity index (χ4n) is 2.12. The van der Waals surface area contributed by atoms with Crippen LogP contribution >= 0.6 is 0 Å². The van der Waals surface area contributed by atoms with Gasteiger partial charge in [-0.15, -0.1) is 0 Å². The van der Waals surface area contributed by atoms with Gasteiger partial charge in [0.15, 0.2) is 5.78 Å². The first-order valence-electron chi connectivity index (χ1n) is 6.30. The molecule has 2 rings (SSSR count). The molecule has 0 saturated heterocycles. The second-order valence-electron chi connectivity index (χ2n) is 4.57. The summed E-state index contributed by atoms with van der Waals surface area (Å²) < 4.78 is 12.1. The van der Waals surface area contributed by atoms with Gasteiger partial charge in [0.2, 0.25) is 0 Å². The predicted octanol–water partition coefficient (Wildman–Crippen LogP) is 2.17. The van der Waals surface area contributed by atoms with Crippen molar-refractivity contribution in [3.05, 3.63) is 41.2 Å². The zero-order valence-electron chi connectivity index (χ0n) is 12.1. The van der Waals surface area contributed by atoms with E-state index >= 15 is 0 Å². The summed E-state index contributed by atoms with van der Waals surface area (Å²) >= 11 is 0. The van der Waals surface area contributed by atoms with Crippen LogP contribution in [0.25, 0.3) is 0 Å². The van der Waals surface area contributed by atoms with Gasteiger partial charge in [-0.1, -0.05) is 0 Å². The van der Waals surface area contributed by atoms with Crippen LogP contribution in [0.3, 0.4) is 0 Å². The van der Waals surface area contributed by atoms with Gasteiger partial charge < -0.3 is 9.47 Å². The lowest BCUT2D eigenvalue weighted by Gasteiger charge is -2.09. The molecular weight excluding hydrogens is 256 g/mol. The van der Waals surface area contributed by atoms with Crippen molar-refractivity contribution in [1.82, 2.24) is 9.78 Å². The van der Waals surface area contributed by atoms with Crippen molar-refractivity contribution >= 4 is 5.78 Å². The molecule has 0 aliphatic heterocycles. The number of Topliss-reactive ketones (excluding diaryl/α,β-unsaturated/α-hetero) is 1. The Kier molecular flexibility index (Phi) is 4.08. The first-order valence-corrected chi connectivity index (χ1v) is 6.30. The molecule has 5 heteroatoms. The van der Waals surface area contributed by atoms with Crippen LogP contribution in [0.15, 0.2) is 24.3 Å². The SMILES string of the molecule is COc1ccc(OC)c(C(=O)Cc2cc(C)nn2C)c1. The van der Waals surface area contributed by atoms with E-state index in [1.807, 2.05) is 20.0 Å². The Labute approximate surface area is 118 Å². The molecule has 106 valence electrons. The van der Waals surface area contributed by atoms with Gasteiger partial charge in [0.1, 0.15) is 11.5 Å². The third-order valence-electron chi connectivity index (χ3n) is 3.15. The molecule has 0 saturated carbocycles. The Bertz CT molecular complexity index is 632. The zero-order chi connectivity index (χ0) is 14.7.